The normalized spacial score (nSPS) is 25.5. The zero-order valence-corrected chi connectivity index (χ0v) is 8.92. The van der Waals surface area contributed by atoms with E-state index < -0.39 is 0 Å². The van der Waals surface area contributed by atoms with E-state index in [0.717, 1.165) is 12.6 Å². The van der Waals surface area contributed by atoms with E-state index in [9.17, 15) is 0 Å². The average molecular weight is 182 g/mol. The second-order valence-corrected chi connectivity index (χ2v) is 3.89. The van der Waals surface area contributed by atoms with Gasteiger partial charge in [-0.05, 0) is 39.9 Å². The molecule has 2 heteroatoms. The van der Waals surface area contributed by atoms with Crippen molar-refractivity contribution in [2.24, 2.45) is 0 Å². The fourth-order valence-corrected chi connectivity index (χ4v) is 1.90. The first-order valence-corrected chi connectivity index (χ1v) is 5.34. The smallest absolute Gasteiger partial charge is 0.0131 e. The maximum absolute atomic E-state index is 3.12. The molecule has 2 nitrogen and oxygen atoms in total. The summed E-state index contributed by atoms with van der Waals surface area (Å²) in [5.74, 6) is 0. The lowest BCUT2D eigenvalue weighted by atomic mass is 10.00. The van der Waals surface area contributed by atoms with Crippen LogP contribution < -0.4 is 5.32 Å². The highest BCUT2D eigenvalue weighted by Crippen LogP contribution is 2.17. The minimum atomic E-state index is 0.793. The first-order chi connectivity index (χ1) is 6.34. The van der Waals surface area contributed by atoms with E-state index in [2.05, 4.69) is 29.4 Å². The number of piperidine rings is 1. The molecule has 0 spiro atoms. The minimum Gasteiger partial charge on any atom is -0.316 e. The Morgan fingerprint density at radius 2 is 2.23 bits per heavy atom. The van der Waals surface area contributed by atoms with Gasteiger partial charge in [-0.3, -0.25) is 0 Å². The van der Waals surface area contributed by atoms with Crippen LogP contribution in [-0.4, -0.2) is 38.1 Å². The van der Waals surface area contributed by atoms with Gasteiger partial charge in [0.25, 0.3) is 0 Å². The molecule has 1 aliphatic rings. The molecule has 0 saturated carbocycles. The largest absolute Gasteiger partial charge is 0.316 e. The van der Waals surface area contributed by atoms with Crippen LogP contribution in [0.25, 0.3) is 0 Å². The van der Waals surface area contributed by atoms with Gasteiger partial charge < -0.3 is 10.2 Å². The van der Waals surface area contributed by atoms with Crippen molar-refractivity contribution in [3.8, 4) is 0 Å². The van der Waals surface area contributed by atoms with E-state index in [1.807, 2.05) is 7.05 Å². The van der Waals surface area contributed by atoms with E-state index in [1.54, 1.807) is 0 Å². The molecular weight excluding hydrogens is 160 g/mol. The van der Waals surface area contributed by atoms with Crippen LogP contribution in [0.3, 0.4) is 0 Å². The molecule has 1 saturated heterocycles. The Morgan fingerprint density at radius 3 is 2.92 bits per heavy atom. The molecule has 1 atom stereocenters. The molecule has 13 heavy (non-hydrogen) atoms. The highest BCUT2D eigenvalue weighted by Gasteiger charge is 2.16. The lowest BCUT2D eigenvalue weighted by Gasteiger charge is -2.31. The van der Waals surface area contributed by atoms with Crippen molar-refractivity contribution < 1.29 is 0 Å². The number of hydrogen-bond acceptors (Lipinski definition) is 2. The number of nitrogens with zero attached hydrogens (tertiary/aromatic N) is 1. The number of likely N-dealkylation sites (tertiary alicyclic amines) is 1. The van der Waals surface area contributed by atoms with E-state index in [0.29, 0.717) is 0 Å². The number of likely N-dealkylation sites (N-methyl/N-ethyl adjacent to an activating group) is 1. The van der Waals surface area contributed by atoms with Gasteiger partial charge in [-0.1, -0.05) is 18.6 Å². The predicted octanol–water partition coefficient (Wildman–Crippen LogP) is 1.64. The van der Waals surface area contributed by atoms with Crippen molar-refractivity contribution in [3.63, 3.8) is 0 Å². The van der Waals surface area contributed by atoms with Gasteiger partial charge in [0.1, 0.15) is 0 Å². The number of nitrogens with one attached hydrogen (secondary N) is 1. The first kappa shape index (κ1) is 10.7. The Balaban J connectivity index is 2.18. The van der Waals surface area contributed by atoms with Gasteiger partial charge in [-0.15, -0.1) is 0 Å². The van der Waals surface area contributed by atoms with E-state index >= 15 is 0 Å². The van der Waals surface area contributed by atoms with Gasteiger partial charge >= 0.3 is 0 Å². The van der Waals surface area contributed by atoms with Crippen LogP contribution >= 0.6 is 0 Å². The minimum absolute atomic E-state index is 0.793. The molecule has 0 amide bonds. The first-order valence-electron chi connectivity index (χ1n) is 5.34. The van der Waals surface area contributed by atoms with Crippen molar-refractivity contribution in [1.29, 1.82) is 0 Å². The molecule has 1 rings (SSSR count). The Morgan fingerprint density at radius 1 is 1.38 bits per heavy atom. The average Bonchev–Trinajstić information content (AvgIpc) is 2.15. The summed E-state index contributed by atoms with van der Waals surface area (Å²) in [7, 11) is 4.23. The van der Waals surface area contributed by atoms with Crippen molar-refractivity contribution in [2.75, 3.05) is 27.2 Å². The summed E-state index contributed by atoms with van der Waals surface area (Å²) in [4.78, 5) is 2.49. The molecule has 1 fully saturated rings. The van der Waals surface area contributed by atoms with E-state index in [4.69, 9.17) is 0 Å². The van der Waals surface area contributed by atoms with Crippen LogP contribution in [0, 0.1) is 0 Å². The van der Waals surface area contributed by atoms with E-state index in [-0.39, 0.29) is 0 Å². The van der Waals surface area contributed by atoms with Gasteiger partial charge in [0.2, 0.25) is 0 Å². The number of rotatable bonds is 4. The zero-order chi connectivity index (χ0) is 9.52. The van der Waals surface area contributed by atoms with Crippen molar-refractivity contribution in [1.82, 2.24) is 10.2 Å². The molecule has 76 valence electrons. The highest BCUT2D eigenvalue weighted by atomic mass is 15.1. The molecular formula is C11H22N2. The third kappa shape index (κ3) is 3.92. The van der Waals surface area contributed by atoms with Crippen LogP contribution in [0.5, 0.6) is 0 Å². The maximum Gasteiger partial charge on any atom is 0.0131 e. The van der Waals surface area contributed by atoms with Gasteiger partial charge in [0.15, 0.2) is 0 Å². The fourth-order valence-electron chi connectivity index (χ4n) is 1.90. The fraction of sp³-hybridized carbons (Fsp3) is 0.818. The summed E-state index contributed by atoms with van der Waals surface area (Å²) in [5.41, 5.74) is 0. The molecule has 1 N–H and O–H groups in total. The Hall–Kier alpha value is -0.340. The monoisotopic (exact) mass is 182 g/mol. The maximum atomic E-state index is 3.12. The zero-order valence-electron chi connectivity index (χ0n) is 8.92. The molecule has 1 aliphatic heterocycles. The predicted molar refractivity (Wildman–Crippen MR) is 58.0 cm³/mol. The lowest BCUT2D eigenvalue weighted by Crippen LogP contribution is -2.35. The molecule has 0 bridgehead atoms. The molecule has 0 aliphatic carbocycles. The van der Waals surface area contributed by atoms with Gasteiger partial charge in [-0.2, -0.15) is 0 Å². The molecule has 1 unspecified atom stereocenters. The molecule has 0 aromatic rings. The number of hydrogen-bond donors (Lipinski definition) is 1. The molecule has 0 aromatic heterocycles. The Kier molecular flexibility index (Phi) is 5.09. The van der Waals surface area contributed by atoms with Crippen LogP contribution in [-0.2, 0) is 0 Å². The second kappa shape index (κ2) is 6.17. The quantitative estimate of drug-likeness (QED) is 0.665. The summed E-state index contributed by atoms with van der Waals surface area (Å²) in [6.45, 7) is 2.28. The summed E-state index contributed by atoms with van der Waals surface area (Å²) in [6.07, 6.45) is 9.92. The van der Waals surface area contributed by atoms with Crippen molar-refractivity contribution >= 4 is 0 Å². The summed E-state index contributed by atoms with van der Waals surface area (Å²) in [5, 5.41) is 3.12. The SMILES string of the molecule is CNC/C=C\CC1CCCCN1C. The lowest BCUT2D eigenvalue weighted by molar-refractivity contribution is 0.187. The van der Waals surface area contributed by atoms with Crippen molar-refractivity contribution in [3.05, 3.63) is 12.2 Å². The topological polar surface area (TPSA) is 15.3 Å². The molecule has 1 heterocycles. The van der Waals surface area contributed by atoms with Gasteiger partial charge in [0, 0.05) is 12.6 Å². The van der Waals surface area contributed by atoms with Crippen LogP contribution in [0.2, 0.25) is 0 Å². The van der Waals surface area contributed by atoms with Gasteiger partial charge in [0.05, 0.1) is 0 Å². The third-order valence-electron chi connectivity index (χ3n) is 2.82. The van der Waals surface area contributed by atoms with E-state index in [1.165, 1.54) is 32.2 Å². The highest BCUT2D eigenvalue weighted by molar-refractivity contribution is 4.89. The molecule has 0 radical (unpaired) electrons. The molecule has 0 aromatic carbocycles. The summed E-state index contributed by atoms with van der Waals surface area (Å²) < 4.78 is 0. The Bertz CT molecular complexity index is 154. The Labute approximate surface area is 82.0 Å². The summed E-state index contributed by atoms with van der Waals surface area (Å²) >= 11 is 0. The van der Waals surface area contributed by atoms with Crippen LogP contribution in [0.4, 0.5) is 0 Å². The standard InChI is InChI=1S/C11H22N2/c1-12-9-5-3-7-11-8-4-6-10-13(11)2/h3,5,11-12H,4,6-10H2,1-2H3/b5-3-. The third-order valence-corrected chi connectivity index (χ3v) is 2.82. The van der Waals surface area contributed by atoms with Crippen molar-refractivity contribution in [2.45, 2.75) is 31.7 Å². The van der Waals surface area contributed by atoms with Gasteiger partial charge in [-0.25, -0.2) is 0 Å². The van der Waals surface area contributed by atoms with Crippen LogP contribution in [0.1, 0.15) is 25.7 Å². The van der Waals surface area contributed by atoms with Crippen LogP contribution in [0.15, 0.2) is 12.2 Å². The second-order valence-electron chi connectivity index (χ2n) is 3.89. The summed E-state index contributed by atoms with van der Waals surface area (Å²) in [6, 6.07) is 0.793.